The lowest BCUT2D eigenvalue weighted by Crippen LogP contribution is -2.06. The van der Waals surface area contributed by atoms with Crippen molar-refractivity contribution in [3.63, 3.8) is 0 Å². The normalized spacial score (nSPS) is 11.7. The highest BCUT2D eigenvalue weighted by atomic mass is 16.1. The van der Waals surface area contributed by atoms with Crippen LogP contribution in [0.25, 0.3) is 86.9 Å². The average molecular weight is 635 g/mol. The molecule has 1 nitrogen and oxygen atoms in total. The summed E-state index contributed by atoms with van der Waals surface area (Å²) in [6, 6.07) is 64.1. The van der Waals surface area contributed by atoms with Crippen LogP contribution < -0.4 is 0 Å². The second kappa shape index (κ2) is 11.3. The van der Waals surface area contributed by atoms with Gasteiger partial charge in [-0.3, -0.25) is 4.79 Å². The van der Waals surface area contributed by atoms with E-state index in [1.165, 1.54) is 43.1 Å². The van der Waals surface area contributed by atoms with E-state index in [1.807, 2.05) is 36.4 Å². The number of benzene rings is 10. The molecule has 0 spiro atoms. The Bertz CT molecular complexity index is 2800. The van der Waals surface area contributed by atoms with Crippen LogP contribution in [0.3, 0.4) is 0 Å². The van der Waals surface area contributed by atoms with E-state index in [0.717, 1.165) is 43.8 Å². The molecule has 50 heavy (non-hydrogen) atoms. The number of fused-ring (bicyclic) bond motifs is 6. The summed E-state index contributed by atoms with van der Waals surface area (Å²) < 4.78 is 0. The number of rotatable bonds is 4. The molecule has 0 aliphatic rings. The van der Waals surface area contributed by atoms with Crippen molar-refractivity contribution in [2.45, 2.75) is 0 Å². The fourth-order valence-electron chi connectivity index (χ4n) is 7.88. The molecule has 0 heterocycles. The van der Waals surface area contributed by atoms with E-state index >= 15 is 0 Å². The van der Waals surface area contributed by atoms with E-state index in [2.05, 4.69) is 146 Å². The smallest absolute Gasteiger partial charge is 0.194 e. The number of carbonyl (C=O) groups is 1. The molecule has 0 aromatic heterocycles. The number of carbonyl (C=O) groups excluding carboxylic acids is 1. The molecule has 10 aromatic rings. The van der Waals surface area contributed by atoms with E-state index < -0.39 is 0 Å². The quantitative estimate of drug-likeness (QED) is 0.139. The Hall–Kier alpha value is -6.57. The minimum Gasteiger partial charge on any atom is -0.289 e. The summed E-state index contributed by atoms with van der Waals surface area (Å²) in [6.07, 6.45) is 0. The molecule has 0 aliphatic heterocycles. The van der Waals surface area contributed by atoms with Crippen LogP contribution in [0.5, 0.6) is 0 Å². The summed E-state index contributed by atoms with van der Waals surface area (Å²) in [4.78, 5) is 14.8. The van der Waals surface area contributed by atoms with Gasteiger partial charge in [-0.15, -0.1) is 0 Å². The van der Waals surface area contributed by atoms with Crippen molar-refractivity contribution in [1.82, 2.24) is 0 Å². The molecule has 1 heteroatoms. The molecule has 0 saturated heterocycles. The SMILES string of the molecule is O=C(c1ccccc1-c1cccc2cc3cc4ccccc4cc3cc12)c1ccccc1-c1cccc2cc3cc4ccccc4cc3cc12. The average Bonchev–Trinajstić information content (AvgIpc) is 3.17. The Morgan fingerprint density at radius 3 is 0.980 bits per heavy atom. The van der Waals surface area contributed by atoms with Crippen LogP contribution in [0.4, 0.5) is 0 Å². The first kappa shape index (κ1) is 28.4. The molecule has 0 N–H and O–H groups in total. The molecule has 0 radical (unpaired) electrons. The third-order valence-corrected chi connectivity index (χ3v) is 10.3. The van der Waals surface area contributed by atoms with Crippen molar-refractivity contribution in [3.8, 4) is 22.3 Å². The molecule has 0 amide bonds. The minimum atomic E-state index is 0.0174. The van der Waals surface area contributed by atoms with Crippen LogP contribution in [0.15, 0.2) is 182 Å². The first-order valence-corrected chi connectivity index (χ1v) is 17.1. The van der Waals surface area contributed by atoms with E-state index in [1.54, 1.807) is 0 Å². The molecule has 0 atom stereocenters. The van der Waals surface area contributed by atoms with Crippen molar-refractivity contribution >= 4 is 70.4 Å². The van der Waals surface area contributed by atoms with Gasteiger partial charge in [0.25, 0.3) is 0 Å². The van der Waals surface area contributed by atoms with E-state index in [9.17, 15) is 4.79 Å². The second-order valence-corrected chi connectivity index (χ2v) is 13.3. The maximum Gasteiger partial charge on any atom is 0.194 e. The topological polar surface area (TPSA) is 17.1 Å². The highest BCUT2D eigenvalue weighted by molar-refractivity contribution is 6.19. The first-order chi connectivity index (χ1) is 24.7. The lowest BCUT2D eigenvalue weighted by molar-refractivity contribution is 0.104. The lowest BCUT2D eigenvalue weighted by atomic mass is 9.87. The van der Waals surface area contributed by atoms with Gasteiger partial charge in [-0.1, -0.05) is 133 Å². The van der Waals surface area contributed by atoms with Crippen molar-refractivity contribution in [2.24, 2.45) is 0 Å². The monoisotopic (exact) mass is 634 g/mol. The van der Waals surface area contributed by atoms with Crippen LogP contribution in [0.1, 0.15) is 15.9 Å². The molecule has 0 aliphatic carbocycles. The van der Waals surface area contributed by atoms with Crippen molar-refractivity contribution in [1.29, 1.82) is 0 Å². The van der Waals surface area contributed by atoms with Gasteiger partial charge in [-0.05, 0) is 135 Å². The van der Waals surface area contributed by atoms with Crippen LogP contribution in [0.2, 0.25) is 0 Å². The van der Waals surface area contributed by atoms with Gasteiger partial charge in [-0.25, -0.2) is 0 Å². The zero-order valence-corrected chi connectivity index (χ0v) is 27.2. The second-order valence-electron chi connectivity index (χ2n) is 13.3. The largest absolute Gasteiger partial charge is 0.289 e. The summed E-state index contributed by atoms with van der Waals surface area (Å²) in [6.45, 7) is 0. The van der Waals surface area contributed by atoms with Crippen molar-refractivity contribution < 1.29 is 4.79 Å². The summed E-state index contributed by atoms with van der Waals surface area (Å²) in [5.74, 6) is 0.0174. The fourth-order valence-corrected chi connectivity index (χ4v) is 7.88. The Morgan fingerprint density at radius 2 is 0.560 bits per heavy atom. The van der Waals surface area contributed by atoms with Gasteiger partial charge in [0.2, 0.25) is 0 Å². The minimum absolute atomic E-state index is 0.0174. The number of ketones is 1. The molecule has 10 rings (SSSR count). The maximum absolute atomic E-state index is 14.8. The van der Waals surface area contributed by atoms with Gasteiger partial charge >= 0.3 is 0 Å². The Balaban J connectivity index is 1.13. The molecule has 0 bridgehead atoms. The highest BCUT2D eigenvalue weighted by Gasteiger charge is 2.20. The summed E-state index contributed by atoms with van der Waals surface area (Å²) in [5, 5.41) is 14.3. The fraction of sp³-hybridized carbons (Fsp3) is 0. The maximum atomic E-state index is 14.8. The molecule has 0 fully saturated rings. The van der Waals surface area contributed by atoms with Crippen molar-refractivity contribution in [3.05, 3.63) is 193 Å². The van der Waals surface area contributed by atoms with E-state index in [0.29, 0.717) is 11.1 Å². The molecule has 0 saturated carbocycles. The molecule has 0 unspecified atom stereocenters. The molecular weight excluding hydrogens is 605 g/mol. The molecule has 232 valence electrons. The summed E-state index contributed by atoms with van der Waals surface area (Å²) in [7, 11) is 0. The van der Waals surface area contributed by atoms with Gasteiger partial charge < -0.3 is 0 Å². The van der Waals surface area contributed by atoms with E-state index in [-0.39, 0.29) is 5.78 Å². The Morgan fingerprint density at radius 1 is 0.260 bits per heavy atom. The summed E-state index contributed by atoms with van der Waals surface area (Å²) in [5.41, 5.74) is 5.39. The van der Waals surface area contributed by atoms with Crippen molar-refractivity contribution in [2.75, 3.05) is 0 Å². The van der Waals surface area contributed by atoms with Gasteiger partial charge in [0, 0.05) is 11.1 Å². The zero-order valence-electron chi connectivity index (χ0n) is 27.2. The molecule has 10 aromatic carbocycles. The predicted octanol–water partition coefficient (Wildman–Crippen LogP) is 13.2. The Labute approximate surface area is 289 Å². The third-order valence-electron chi connectivity index (χ3n) is 10.3. The van der Waals surface area contributed by atoms with Gasteiger partial charge in [0.15, 0.2) is 5.78 Å². The van der Waals surface area contributed by atoms with Crippen LogP contribution in [-0.4, -0.2) is 5.78 Å². The van der Waals surface area contributed by atoms with Gasteiger partial charge in [0.05, 0.1) is 0 Å². The van der Waals surface area contributed by atoms with Gasteiger partial charge in [-0.2, -0.15) is 0 Å². The lowest BCUT2D eigenvalue weighted by Gasteiger charge is -2.16. The summed E-state index contributed by atoms with van der Waals surface area (Å²) >= 11 is 0. The standard InChI is InChI=1S/C49H30O/c50-49(45-19-7-5-17-41(45)43-21-9-15-35-27-37-23-31-11-1-3-13-33(31)25-39(37)29-47(35)43)46-20-8-6-18-42(46)44-22-10-16-36-28-38-24-32-12-2-4-14-34(32)26-40(38)30-48(36)44/h1-30H. The zero-order chi connectivity index (χ0) is 33.2. The van der Waals surface area contributed by atoms with Crippen LogP contribution >= 0.6 is 0 Å². The number of hydrogen-bond donors (Lipinski definition) is 0. The Kier molecular flexibility index (Phi) is 6.40. The molecular formula is C49H30O. The van der Waals surface area contributed by atoms with Crippen LogP contribution in [0, 0.1) is 0 Å². The van der Waals surface area contributed by atoms with Crippen LogP contribution in [-0.2, 0) is 0 Å². The number of hydrogen-bond acceptors (Lipinski definition) is 1. The highest BCUT2D eigenvalue weighted by Crippen LogP contribution is 2.39. The van der Waals surface area contributed by atoms with E-state index in [4.69, 9.17) is 0 Å². The van der Waals surface area contributed by atoms with Gasteiger partial charge in [0.1, 0.15) is 0 Å². The predicted molar refractivity (Wildman–Crippen MR) is 212 cm³/mol. The third kappa shape index (κ3) is 4.59. The first-order valence-electron chi connectivity index (χ1n) is 17.1.